The van der Waals surface area contributed by atoms with E-state index in [1.165, 1.54) is 6.26 Å². The Balaban J connectivity index is 2.85. The molecule has 1 N–H and O–H groups in total. The number of hydrogen-bond acceptors (Lipinski definition) is 4. The van der Waals surface area contributed by atoms with Crippen LogP contribution in [-0.4, -0.2) is 11.5 Å². The van der Waals surface area contributed by atoms with Crippen LogP contribution < -0.4 is 4.74 Å². The van der Waals surface area contributed by atoms with E-state index in [0.29, 0.717) is 12.2 Å². The number of para-hydroxylation sites is 1. The Kier molecular flexibility index (Phi) is 4.53. The molecule has 0 aliphatic rings. The first-order valence-electron chi connectivity index (χ1n) is 5.51. The molecule has 1 unspecified atom stereocenters. The first kappa shape index (κ1) is 13.0. The lowest BCUT2D eigenvalue weighted by Gasteiger charge is -2.28. The van der Waals surface area contributed by atoms with Crippen molar-refractivity contribution in [2.45, 2.75) is 32.3 Å². The molecule has 1 rings (SSSR count). The maximum absolute atomic E-state index is 8.47. The van der Waals surface area contributed by atoms with E-state index in [-0.39, 0.29) is 5.90 Å². The summed E-state index contributed by atoms with van der Waals surface area (Å²) in [6.07, 6.45) is 2.96. The van der Waals surface area contributed by atoms with Crippen molar-refractivity contribution in [1.82, 2.24) is 0 Å². The number of ether oxygens (including phenoxy) is 2. The highest BCUT2D eigenvalue weighted by atomic mass is 16.5. The fourth-order valence-corrected chi connectivity index (χ4v) is 1.59. The molecule has 0 saturated carbocycles. The molecule has 0 bridgehead atoms. The number of nitrogens with one attached hydrogen (secondary N) is 1. The Bertz CT molecular complexity index is 411. The normalized spacial score (nSPS) is 13.2. The van der Waals surface area contributed by atoms with Crippen LogP contribution in [0.5, 0.6) is 5.75 Å². The second kappa shape index (κ2) is 5.90. The maximum atomic E-state index is 8.47. The van der Waals surface area contributed by atoms with Crippen LogP contribution in [0.1, 0.15) is 26.7 Å². The molecule has 0 fully saturated rings. The summed E-state index contributed by atoms with van der Waals surface area (Å²) in [5, 5.41) is 16.2. The van der Waals surface area contributed by atoms with Crippen molar-refractivity contribution in [3.63, 3.8) is 0 Å². The lowest BCUT2D eigenvalue weighted by molar-refractivity contribution is 0.126. The van der Waals surface area contributed by atoms with E-state index in [9.17, 15) is 0 Å². The van der Waals surface area contributed by atoms with E-state index in [1.807, 2.05) is 37.3 Å². The SMILES string of the molecule is CCCC(C)(Oc1ccccc1)C(=N)OC#N. The van der Waals surface area contributed by atoms with E-state index in [2.05, 4.69) is 4.74 Å². The lowest BCUT2D eigenvalue weighted by Crippen LogP contribution is -2.41. The molecule has 4 heteroatoms. The third-order valence-electron chi connectivity index (χ3n) is 2.44. The molecule has 1 atom stereocenters. The van der Waals surface area contributed by atoms with Gasteiger partial charge in [0.1, 0.15) is 5.75 Å². The van der Waals surface area contributed by atoms with Gasteiger partial charge in [0.2, 0.25) is 5.90 Å². The van der Waals surface area contributed by atoms with Crippen LogP contribution in [0.25, 0.3) is 0 Å². The van der Waals surface area contributed by atoms with Gasteiger partial charge >= 0.3 is 0 Å². The molecule has 0 aromatic heterocycles. The topological polar surface area (TPSA) is 66.1 Å². The van der Waals surface area contributed by atoms with Crippen molar-refractivity contribution in [3.8, 4) is 12.0 Å². The molecule has 90 valence electrons. The number of rotatable bonds is 5. The van der Waals surface area contributed by atoms with Gasteiger partial charge in [-0.1, -0.05) is 31.5 Å². The third kappa shape index (κ3) is 3.49. The zero-order valence-corrected chi connectivity index (χ0v) is 10.1. The highest BCUT2D eigenvalue weighted by molar-refractivity contribution is 5.83. The molecule has 0 aliphatic heterocycles. The molecule has 1 aromatic rings. The Labute approximate surface area is 101 Å². The molecule has 0 amide bonds. The molecule has 0 heterocycles. The van der Waals surface area contributed by atoms with Gasteiger partial charge in [-0.15, -0.1) is 5.26 Å². The van der Waals surface area contributed by atoms with E-state index >= 15 is 0 Å². The number of hydrogen-bond donors (Lipinski definition) is 1. The summed E-state index contributed by atoms with van der Waals surface area (Å²) in [6.45, 7) is 3.75. The second-order valence-corrected chi connectivity index (χ2v) is 3.92. The van der Waals surface area contributed by atoms with Gasteiger partial charge in [-0.3, -0.25) is 5.41 Å². The predicted molar refractivity (Wildman–Crippen MR) is 64.8 cm³/mol. The fraction of sp³-hybridized carbons (Fsp3) is 0.385. The van der Waals surface area contributed by atoms with Crippen LogP contribution in [0, 0.1) is 16.9 Å². The van der Waals surface area contributed by atoms with Gasteiger partial charge in [-0.2, -0.15) is 0 Å². The summed E-state index contributed by atoms with van der Waals surface area (Å²) in [5.41, 5.74) is -0.897. The number of nitriles is 1. The standard InChI is InChI=1S/C13H16N2O2/c1-3-9-13(2,12(15)16-10-14)17-11-7-5-4-6-8-11/h4-8,15H,3,9H2,1-2H3. The molecule has 0 saturated heterocycles. The van der Waals surface area contributed by atoms with Gasteiger partial charge in [0.15, 0.2) is 5.60 Å². The van der Waals surface area contributed by atoms with E-state index in [0.717, 1.165) is 6.42 Å². The van der Waals surface area contributed by atoms with Gasteiger partial charge in [-0.25, -0.2) is 0 Å². The Morgan fingerprint density at radius 3 is 2.59 bits per heavy atom. The molecule has 17 heavy (non-hydrogen) atoms. The highest BCUT2D eigenvalue weighted by Crippen LogP contribution is 2.23. The number of benzene rings is 1. The van der Waals surface area contributed by atoms with Crippen molar-refractivity contribution >= 4 is 5.90 Å². The molecule has 0 radical (unpaired) electrons. The van der Waals surface area contributed by atoms with Crippen LogP contribution in [0.3, 0.4) is 0 Å². The molecule has 0 spiro atoms. The molecule has 4 nitrogen and oxygen atoms in total. The minimum absolute atomic E-state index is 0.161. The predicted octanol–water partition coefficient (Wildman–Crippen LogP) is 3.10. The molecule has 1 aromatic carbocycles. The van der Waals surface area contributed by atoms with Crippen molar-refractivity contribution in [2.24, 2.45) is 0 Å². The summed E-state index contributed by atoms with van der Waals surface area (Å²) >= 11 is 0. The van der Waals surface area contributed by atoms with Crippen LogP contribution in [-0.2, 0) is 4.74 Å². The molecular formula is C13H16N2O2. The summed E-state index contributed by atoms with van der Waals surface area (Å²) in [7, 11) is 0. The van der Waals surface area contributed by atoms with Gasteiger partial charge < -0.3 is 9.47 Å². The third-order valence-corrected chi connectivity index (χ3v) is 2.44. The second-order valence-electron chi connectivity index (χ2n) is 3.92. The molecular weight excluding hydrogens is 216 g/mol. The van der Waals surface area contributed by atoms with Crippen LogP contribution in [0.2, 0.25) is 0 Å². The highest BCUT2D eigenvalue weighted by Gasteiger charge is 2.33. The quantitative estimate of drug-likeness (QED) is 0.482. The average Bonchev–Trinajstić information content (AvgIpc) is 2.31. The van der Waals surface area contributed by atoms with Crippen LogP contribution >= 0.6 is 0 Å². The summed E-state index contributed by atoms with van der Waals surface area (Å²) in [5.74, 6) is 0.500. The van der Waals surface area contributed by atoms with Crippen molar-refractivity contribution in [1.29, 1.82) is 10.7 Å². The van der Waals surface area contributed by atoms with Crippen LogP contribution in [0.15, 0.2) is 30.3 Å². The zero-order valence-electron chi connectivity index (χ0n) is 10.1. The summed E-state index contributed by atoms with van der Waals surface area (Å²) in [6, 6.07) is 9.23. The Morgan fingerprint density at radius 1 is 1.41 bits per heavy atom. The van der Waals surface area contributed by atoms with Crippen molar-refractivity contribution in [2.75, 3.05) is 0 Å². The zero-order chi connectivity index (χ0) is 12.7. The first-order chi connectivity index (χ1) is 8.12. The van der Waals surface area contributed by atoms with Crippen molar-refractivity contribution < 1.29 is 9.47 Å². The summed E-state index contributed by atoms with van der Waals surface area (Å²) in [4.78, 5) is 0. The van der Waals surface area contributed by atoms with Gasteiger partial charge in [-0.05, 0) is 25.5 Å². The van der Waals surface area contributed by atoms with Gasteiger partial charge in [0.25, 0.3) is 6.26 Å². The van der Waals surface area contributed by atoms with Gasteiger partial charge in [0, 0.05) is 0 Å². The Morgan fingerprint density at radius 2 is 2.06 bits per heavy atom. The summed E-state index contributed by atoms with van der Waals surface area (Å²) < 4.78 is 10.4. The van der Waals surface area contributed by atoms with E-state index < -0.39 is 5.60 Å². The number of nitrogens with zero attached hydrogens (tertiary/aromatic N) is 1. The first-order valence-corrected chi connectivity index (χ1v) is 5.51. The minimum atomic E-state index is -0.897. The lowest BCUT2D eigenvalue weighted by atomic mass is 10.00. The average molecular weight is 232 g/mol. The fourth-order valence-electron chi connectivity index (χ4n) is 1.59. The van der Waals surface area contributed by atoms with E-state index in [1.54, 1.807) is 6.92 Å². The minimum Gasteiger partial charge on any atom is -0.478 e. The Hall–Kier alpha value is -2.02. The van der Waals surface area contributed by atoms with Crippen LogP contribution in [0.4, 0.5) is 0 Å². The largest absolute Gasteiger partial charge is 0.478 e. The smallest absolute Gasteiger partial charge is 0.293 e. The maximum Gasteiger partial charge on any atom is 0.293 e. The van der Waals surface area contributed by atoms with Crippen molar-refractivity contribution in [3.05, 3.63) is 30.3 Å². The molecule has 0 aliphatic carbocycles. The van der Waals surface area contributed by atoms with Gasteiger partial charge in [0.05, 0.1) is 0 Å². The van der Waals surface area contributed by atoms with E-state index in [4.69, 9.17) is 15.4 Å². The monoisotopic (exact) mass is 232 g/mol.